The summed E-state index contributed by atoms with van der Waals surface area (Å²) in [5.74, 6) is 1.36. The van der Waals surface area contributed by atoms with Gasteiger partial charge in [-0.2, -0.15) is 0 Å². The van der Waals surface area contributed by atoms with Gasteiger partial charge in [-0.1, -0.05) is 0 Å². The number of rotatable bonds is 3. The second-order valence-electron chi connectivity index (χ2n) is 5.59. The van der Waals surface area contributed by atoms with Gasteiger partial charge in [-0.05, 0) is 18.8 Å². The van der Waals surface area contributed by atoms with E-state index in [1.165, 1.54) is 6.20 Å². The fraction of sp³-hybridized carbons (Fsp3) is 0.500. The van der Waals surface area contributed by atoms with Crippen LogP contribution in [-0.4, -0.2) is 48.6 Å². The number of carbonyl (C=O) groups excluding carboxylic acids is 1. The molecule has 1 aliphatic heterocycles. The van der Waals surface area contributed by atoms with Gasteiger partial charge >= 0.3 is 0 Å². The van der Waals surface area contributed by atoms with Crippen LogP contribution < -0.4 is 5.56 Å². The highest BCUT2D eigenvalue weighted by Gasteiger charge is 2.25. The molecule has 0 saturated carbocycles. The van der Waals surface area contributed by atoms with Crippen molar-refractivity contribution in [2.45, 2.75) is 19.3 Å². The van der Waals surface area contributed by atoms with Crippen LogP contribution in [0.5, 0.6) is 0 Å². The average Bonchev–Trinajstić information content (AvgIpc) is 2.93. The van der Waals surface area contributed by atoms with Crippen LogP contribution in [0, 0.1) is 5.92 Å². The molecule has 0 spiro atoms. The Kier molecular flexibility index (Phi) is 3.99. The second kappa shape index (κ2) is 6.08. The third-order valence-electron chi connectivity index (χ3n) is 4.07. The Balaban J connectivity index is 1.57. The molecule has 8 nitrogen and oxygen atoms in total. The van der Waals surface area contributed by atoms with Gasteiger partial charge in [-0.3, -0.25) is 9.59 Å². The summed E-state index contributed by atoms with van der Waals surface area (Å²) in [6, 6.07) is 0. The maximum Gasteiger partial charge on any atom is 0.273 e. The normalized spacial score (nSPS) is 16.0. The van der Waals surface area contributed by atoms with E-state index in [0.717, 1.165) is 31.3 Å². The summed E-state index contributed by atoms with van der Waals surface area (Å²) in [4.78, 5) is 31.4. The van der Waals surface area contributed by atoms with Crippen molar-refractivity contribution < 1.29 is 4.79 Å². The first-order chi connectivity index (χ1) is 10.6. The standard InChI is InChI=1S/C14H18N6O2/c1-19-9-17-18-12(19)6-10-2-4-20(5-3-10)14(22)11-7-16-13(21)8-15-11/h7-10H,2-6H2,1H3,(H,16,21). The lowest BCUT2D eigenvalue weighted by molar-refractivity contribution is 0.0683. The minimum absolute atomic E-state index is 0.131. The fourth-order valence-corrected chi connectivity index (χ4v) is 2.71. The smallest absolute Gasteiger partial charge is 0.273 e. The monoisotopic (exact) mass is 302 g/mol. The summed E-state index contributed by atoms with van der Waals surface area (Å²) in [6.07, 6.45) is 6.96. The quantitative estimate of drug-likeness (QED) is 0.860. The van der Waals surface area contributed by atoms with Crippen molar-refractivity contribution in [3.8, 4) is 0 Å². The van der Waals surface area contributed by atoms with Gasteiger partial charge in [0.2, 0.25) is 0 Å². The van der Waals surface area contributed by atoms with E-state index in [4.69, 9.17) is 0 Å². The summed E-state index contributed by atoms with van der Waals surface area (Å²) in [7, 11) is 1.94. The molecule has 0 aliphatic carbocycles. The maximum absolute atomic E-state index is 12.3. The predicted octanol–water partition coefficient (Wildman–Crippen LogP) is -0.00670. The molecule has 0 atom stereocenters. The molecule has 1 aliphatic rings. The molecule has 2 aromatic heterocycles. The first kappa shape index (κ1) is 14.4. The number of H-pyrrole nitrogens is 1. The Morgan fingerprint density at radius 3 is 2.77 bits per heavy atom. The van der Waals surface area contributed by atoms with Gasteiger partial charge in [0.05, 0.1) is 6.20 Å². The molecule has 0 radical (unpaired) electrons. The van der Waals surface area contributed by atoms with Crippen molar-refractivity contribution in [1.82, 2.24) is 29.6 Å². The van der Waals surface area contributed by atoms with Crippen molar-refractivity contribution in [2.24, 2.45) is 13.0 Å². The lowest BCUT2D eigenvalue weighted by Crippen LogP contribution is -2.39. The van der Waals surface area contributed by atoms with Crippen LogP contribution >= 0.6 is 0 Å². The summed E-state index contributed by atoms with van der Waals surface area (Å²) >= 11 is 0. The van der Waals surface area contributed by atoms with E-state index in [9.17, 15) is 9.59 Å². The van der Waals surface area contributed by atoms with Gasteiger partial charge in [-0.15, -0.1) is 10.2 Å². The predicted molar refractivity (Wildman–Crippen MR) is 78.2 cm³/mol. The molecule has 1 amide bonds. The highest BCUT2D eigenvalue weighted by atomic mass is 16.2. The number of nitrogens with zero attached hydrogens (tertiary/aromatic N) is 5. The van der Waals surface area contributed by atoms with Gasteiger partial charge < -0.3 is 14.5 Å². The minimum atomic E-state index is -0.307. The molecular formula is C14H18N6O2. The van der Waals surface area contributed by atoms with Crippen LogP contribution in [0.25, 0.3) is 0 Å². The van der Waals surface area contributed by atoms with Gasteiger partial charge in [0.1, 0.15) is 17.8 Å². The minimum Gasteiger partial charge on any atom is -0.337 e. The summed E-state index contributed by atoms with van der Waals surface area (Å²) in [5, 5.41) is 8.00. The van der Waals surface area contributed by atoms with Crippen molar-refractivity contribution in [3.05, 3.63) is 40.6 Å². The lowest BCUT2D eigenvalue weighted by atomic mass is 9.93. The van der Waals surface area contributed by atoms with Crippen molar-refractivity contribution >= 4 is 5.91 Å². The topological polar surface area (TPSA) is 96.8 Å². The highest BCUT2D eigenvalue weighted by Crippen LogP contribution is 2.21. The molecule has 22 heavy (non-hydrogen) atoms. The molecule has 3 heterocycles. The lowest BCUT2D eigenvalue weighted by Gasteiger charge is -2.31. The van der Waals surface area contributed by atoms with E-state index in [1.807, 2.05) is 11.6 Å². The molecule has 1 N–H and O–H groups in total. The van der Waals surface area contributed by atoms with E-state index < -0.39 is 0 Å². The zero-order valence-electron chi connectivity index (χ0n) is 12.4. The van der Waals surface area contributed by atoms with Crippen molar-refractivity contribution in [2.75, 3.05) is 13.1 Å². The van der Waals surface area contributed by atoms with Gasteiger partial charge in [0.25, 0.3) is 11.5 Å². The maximum atomic E-state index is 12.3. The number of hydrogen-bond acceptors (Lipinski definition) is 5. The second-order valence-corrected chi connectivity index (χ2v) is 5.59. The molecular weight excluding hydrogens is 284 g/mol. The number of likely N-dealkylation sites (tertiary alicyclic amines) is 1. The van der Waals surface area contributed by atoms with E-state index >= 15 is 0 Å². The molecule has 0 bridgehead atoms. The summed E-state index contributed by atoms with van der Waals surface area (Å²) in [5.41, 5.74) is -0.0229. The van der Waals surface area contributed by atoms with Crippen LogP contribution in [0.4, 0.5) is 0 Å². The molecule has 2 aromatic rings. The summed E-state index contributed by atoms with van der Waals surface area (Å²) in [6.45, 7) is 1.39. The van der Waals surface area contributed by atoms with Crippen LogP contribution in [0.15, 0.2) is 23.5 Å². The Hall–Kier alpha value is -2.51. The zero-order valence-corrected chi connectivity index (χ0v) is 12.4. The number of hydrogen-bond donors (Lipinski definition) is 1. The van der Waals surface area contributed by atoms with E-state index in [1.54, 1.807) is 11.2 Å². The van der Waals surface area contributed by atoms with Crippen LogP contribution in [0.1, 0.15) is 29.2 Å². The van der Waals surface area contributed by atoms with E-state index in [-0.39, 0.29) is 17.2 Å². The molecule has 0 aromatic carbocycles. The summed E-state index contributed by atoms with van der Waals surface area (Å²) < 4.78 is 1.93. The number of nitrogens with one attached hydrogen (secondary N) is 1. The molecule has 0 unspecified atom stereocenters. The molecule has 8 heteroatoms. The number of amides is 1. The Morgan fingerprint density at radius 1 is 1.41 bits per heavy atom. The Bertz CT molecular complexity index is 694. The zero-order chi connectivity index (χ0) is 15.5. The number of aryl methyl sites for hydroxylation is 1. The number of piperidine rings is 1. The average molecular weight is 302 g/mol. The molecule has 1 saturated heterocycles. The number of carbonyl (C=O) groups is 1. The van der Waals surface area contributed by atoms with Crippen molar-refractivity contribution in [3.63, 3.8) is 0 Å². The van der Waals surface area contributed by atoms with Gasteiger partial charge in [-0.25, -0.2) is 4.98 Å². The third kappa shape index (κ3) is 3.05. The van der Waals surface area contributed by atoms with E-state index in [0.29, 0.717) is 19.0 Å². The van der Waals surface area contributed by atoms with Gasteiger partial charge in [0.15, 0.2) is 0 Å². The largest absolute Gasteiger partial charge is 0.337 e. The number of aromatic amines is 1. The van der Waals surface area contributed by atoms with E-state index in [2.05, 4.69) is 20.2 Å². The number of aromatic nitrogens is 5. The Morgan fingerprint density at radius 2 is 2.18 bits per heavy atom. The first-order valence-corrected chi connectivity index (χ1v) is 7.30. The van der Waals surface area contributed by atoms with Crippen molar-refractivity contribution in [1.29, 1.82) is 0 Å². The third-order valence-corrected chi connectivity index (χ3v) is 4.07. The van der Waals surface area contributed by atoms with Crippen LogP contribution in [0.3, 0.4) is 0 Å². The van der Waals surface area contributed by atoms with Crippen LogP contribution in [-0.2, 0) is 13.5 Å². The Labute approximate surface area is 127 Å². The first-order valence-electron chi connectivity index (χ1n) is 7.30. The highest BCUT2D eigenvalue weighted by molar-refractivity contribution is 5.91. The van der Waals surface area contributed by atoms with Gasteiger partial charge in [0, 0.05) is 32.8 Å². The molecule has 1 fully saturated rings. The molecule has 116 valence electrons. The SMILES string of the molecule is Cn1cnnc1CC1CCN(C(=O)c2c[nH]c(=O)cn2)CC1. The van der Waals surface area contributed by atoms with Crippen LogP contribution in [0.2, 0.25) is 0 Å². The molecule has 3 rings (SSSR count). The fourth-order valence-electron chi connectivity index (χ4n) is 2.71.